The minimum Gasteiger partial charge on any atom is -0.324 e. The van der Waals surface area contributed by atoms with Gasteiger partial charge in [-0.3, -0.25) is 4.79 Å². The Balaban J connectivity index is 2.10. The Morgan fingerprint density at radius 2 is 2.18 bits per heavy atom. The van der Waals surface area contributed by atoms with E-state index < -0.39 is 5.54 Å². The topological polar surface area (TPSA) is 41.1 Å². The average Bonchev–Trinajstić information content (AvgIpc) is 2.72. The molecule has 1 saturated heterocycles. The molecule has 0 bridgehead atoms. The summed E-state index contributed by atoms with van der Waals surface area (Å²) in [5.74, 6) is -0.0339. The van der Waals surface area contributed by atoms with Crippen LogP contribution in [0.15, 0.2) is 18.2 Å². The maximum Gasteiger partial charge on any atom is 0.244 e. The highest BCUT2D eigenvalue weighted by molar-refractivity contribution is 6.42. The summed E-state index contributed by atoms with van der Waals surface area (Å²) in [6.45, 7) is 2.79. The standard InChI is InChI=1S/C12H14Cl2N2O/c1-12(5-2-6-15-12)11(17)16-8-3-4-9(13)10(14)7-8/h3-4,7,15H,2,5-6H2,1H3,(H,16,17). The molecule has 5 heteroatoms. The summed E-state index contributed by atoms with van der Waals surface area (Å²) in [5.41, 5.74) is 0.186. The van der Waals surface area contributed by atoms with E-state index in [1.165, 1.54) is 0 Å². The molecule has 1 aromatic carbocycles. The molecule has 1 aliphatic heterocycles. The number of carbonyl (C=O) groups excluding carboxylic acids is 1. The molecule has 0 saturated carbocycles. The molecule has 1 atom stereocenters. The van der Waals surface area contributed by atoms with Crippen molar-refractivity contribution in [2.45, 2.75) is 25.3 Å². The predicted octanol–water partition coefficient (Wildman–Crippen LogP) is 3.07. The van der Waals surface area contributed by atoms with Gasteiger partial charge in [-0.05, 0) is 44.5 Å². The summed E-state index contributed by atoms with van der Waals surface area (Å²) in [6, 6.07) is 5.06. The first kappa shape index (κ1) is 12.7. The first-order valence-electron chi connectivity index (χ1n) is 5.53. The van der Waals surface area contributed by atoms with Gasteiger partial charge in [0.15, 0.2) is 0 Å². The lowest BCUT2D eigenvalue weighted by Gasteiger charge is -2.23. The van der Waals surface area contributed by atoms with Crippen molar-refractivity contribution in [2.75, 3.05) is 11.9 Å². The van der Waals surface area contributed by atoms with Crippen LogP contribution in [-0.2, 0) is 4.79 Å². The van der Waals surface area contributed by atoms with Crippen LogP contribution >= 0.6 is 23.2 Å². The first-order chi connectivity index (χ1) is 8.01. The van der Waals surface area contributed by atoms with Gasteiger partial charge in [0.25, 0.3) is 0 Å². The van der Waals surface area contributed by atoms with Crippen LogP contribution in [0.4, 0.5) is 5.69 Å². The van der Waals surface area contributed by atoms with Crippen LogP contribution in [0.25, 0.3) is 0 Å². The molecule has 17 heavy (non-hydrogen) atoms. The molecule has 0 radical (unpaired) electrons. The normalized spacial score (nSPS) is 23.7. The van der Waals surface area contributed by atoms with E-state index >= 15 is 0 Å². The SMILES string of the molecule is CC1(C(=O)Nc2ccc(Cl)c(Cl)c2)CCCN1. The summed E-state index contributed by atoms with van der Waals surface area (Å²) in [5, 5.41) is 6.98. The van der Waals surface area contributed by atoms with Gasteiger partial charge in [-0.1, -0.05) is 23.2 Å². The number of nitrogens with one attached hydrogen (secondary N) is 2. The summed E-state index contributed by atoms with van der Waals surface area (Å²) in [4.78, 5) is 12.1. The van der Waals surface area contributed by atoms with Crippen LogP contribution in [0.3, 0.4) is 0 Å². The Labute approximate surface area is 110 Å². The fraction of sp³-hybridized carbons (Fsp3) is 0.417. The highest BCUT2D eigenvalue weighted by atomic mass is 35.5. The molecule has 1 aliphatic rings. The molecule has 2 rings (SSSR count). The molecule has 1 aromatic rings. The van der Waals surface area contributed by atoms with Crippen molar-refractivity contribution >= 4 is 34.8 Å². The van der Waals surface area contributed by atoms with E-state index in [9.17, 15) is 4.79 Å². The minimum absolute atomic E-state index is 0.0339. The molecular formula is C12H14Cl2N2O. The van der Waals surface area contributed by atoms with E-state index in [0.717, 1.165) is 19.4 Å². The van der Waals surface area contributed by atoms with Crippen LogP contribution in [-0.4, -0.2) is 18.0 Å². The fourth-order valence-corrected chi connectivity index (χ4v) is 2.23. The van der Waals surface area contributed by atoms with Gasteiger partial charge in [0, 0.05) is 5.69 Å². The van der Waals surface area contributed by atoms with Crippen LogP contribution in [0, 0.1) is 0 Å². The Morgan fingerprint density at radius 3 is 2.76 bits per heavy atom. The zero-order valence-corrected chi connectivity index (χ0v) is 11.0. The van der Waals surface area contributed by atoms with E-state index in [2.05, 4.69) is 10.6 Å². The molecule has 1 unspecified atom stereocenters. The molecule has 2 N–H and O–H groups in total. The number of anilines is 1. The maximum atomic E-state index is 12.1. The Bertz CT molecular complexity index is 442. The van der Waals surface area contributed by atoms with Gasteiger partial charge in [-0.15, -0.1) is 0 Å². The fourth-order valence-electron chi connectivity index (χ4n) is 1.93. The lowest BCUT2D eigenvalue weighted by molar-refractivity contribution is -0.121. The van der Waals surface area contributed by atoms with Gasteiger partial charge >= 0.3 is 0 Å². The van der Waals surface area contributed by atoms with Crippen LogP contribution in [0.5, 0.6) is 0 Å². The minimum atomic E-state index is -0.480. The Kier molecular flexibility index (Phi) is 3.61. The third-order valence-corrected chi connectivity index (χ3v) is 3.79. The second-order valence-electron chi connectivity index (χ2n) is 4.45. The zero-order valence-electron chi connectivity index (χ0n) is 9.52. The molecule has 0 spiro atoms. The monoisotopic (exact) mass is 272 g/mol. The van der Waals surface area contributed by atoms with Crippen LogP contribution in [0.2, 0.25) is 10.0 Å². The van der Waals surface area contributed by atoms with Crippen molar-refractivity contribution in [2.24, 2.45) is 0 Å². The second-order valence-corrected chi connectivity index (χ2v) is 5.26. The quantitative estimate of drug-likeness (QED) is 0.869. The van der Waals surface area contributed by atoms with Crippen LogP contribution < -0.4 is 10.6 Å². The molecular weight excluding hydrogens is 259 g/mol. The van der Waals surface area contributed by atoms with Gasteiger partial charge in [0.1, 0.15) is 0 Å². The lowest BCUT2D eigenvalue weighted by Crippen LogP contribution is -2.47. The van der Waals surface area contributed by atoms with Crippen molar-refractivity contribution < 1.29 is 4.79 Å². The molecule has 3 nitrogen and oxygen atoms in total. The van der Waals surface area contributed by atoms with Gasteiger partial charge in [0.05, 0.1) is 15.6 Å². The second kappa shape index (κ2) is 4.84. The predicted molar refractivity (Wildman–Crippen MR) is 70.7 cm³/mol. The van der Waals surface area contributed by atoms with Crippen molar-refractivity contribution in [3.05, 3.63) is 28.2 Å². The first-order valence-corrected chi connectivity index (χ1v) is 6.28. The zero-order chi connectivity index (χ0) is 12.5. The summed E-state index contributed by atoms with van der Waals surface area (Å²) < 4.78 is 0. The number of halogens is 2. The van der Waals surface area contributed by atoms with Crippen molar-refractivity contribution in [3.8, 4) is 0 Å². The van der Waals surface area contributed by atoms with Crippen LogP contribution in [0.1, 0.15) is 19.8 Å². The van der Waals surface area contributed by atoms with Crippen molar-refractivity contribution in [3.63, 3.8) is 0 Å². The smallest absolute Gasteiger partial charge is 0.244 e. The molecule has 1 heterocycles. The molecule has 0 aliphatic carbocycles. The number of hydrogen-bond acceptors (Lipinski definition) is 2. The highest BCUT2D eigenvalue weighted by Gasteiger charge is 2.35. The highest BCUT2D eigenvalue weighted by Crippen LogP contribution is 2.26. The Morgan fingerprint density at radius 1 is 1.41 bits per heavy atom. The van der Waals surface area contributed by atoms with Gasteiger partial charge in [0.2, 0.25) is 5.91 Å². The third-order valence-electron chi connectivity index (χ3n) is 3.05. The number of hydrogen-bond donors (Lipinski definition) is 2. The van der Waals surface area contributed by atoms with Gasteiger partial charge in [-0.2, -0.15) is 0 Å². The van der Waals surface area contributed by atoms with Crippen molar-refractivity contribution in [1.29, 1.82) is 0 Å². The number of rotatable bonds is 2. The molecule has 92 valence electrons. The lowest BCUT2D eigenvalue weighted by atomic mass is 9.99. The third kappa shape index (κ3) is 2.73. The number of carbonyl (C=O) groups is 1. The summed E-state index contributed by atoms with van der Waals surface area (Å²) in [6.07, 6.45) is 1.87. The van der Waals surface area contributed by atoms with E-state index in [0.29, 0.717) is 15.7 Å². The van der Waals surface area contributed by atoms with Crippen molar-refractivity contribution in [1.82, 2.24) is 5.32 Å². The van der Waals surface area contributed by atoms with E-state index in [1.807, 2.05) is 6.92 Å². The Hall–Kier alpha value is -0.770. The van der Waals surface area contributed by atoms with E-state index in [-0.39, 0.29) is 5.91 Å². The largest absolute Gasteiger partial charge is 0.324 e. The number of amides is 1. The molecule has 1 amide bonds. The van der Waals surface area contributed by atoms with E-state index in [1.54, 1.807) is 18.2 Å². The molecule has 0 aromatic heterocycles. The summed E-state index contributed by atoms with van der Waals surface area (Å²) >= 11 is 11.7. The van der Waals surface area contributed by atoms with Gasteiger partial charge < -0.3 is 10.6 Å². The maximum absolute atomic E-state index is 12.1. The van der Waals surface area contributed by atoms with E-state index in [4.69, 9.17) is 23.2 Å². The van der Waals surface area contributed by atoms with Gasteiger partial charge in [-0.25, -0.2) is 0 Å². The average molecular weight is 273 g/mol. The molecule has 1 fully saturated rings. The number of benzene rings is 1. The summed E-state index contributed by atoms with van der Waals surface area (Å²) in [7, 11) is 0.